The first-order valence-corrected chi connectivity index (χ1v) is 12.2. The summed E-state index contributed by atoms with van der Waals surface area (Å²) < 4.78 is 23.3. The number of anilines is 1. The van der Waals surface area contributed by atoms with Crippen LogP contribution in [0.3, 0.4) is 0 Å². The van der Waals surface area contributed by atoms with Crippen molar-refractivity contribution >= 4 is 16.9 Å². The van der Waals surface area contributed by atoms with Crippen molar-refractivity contribution in [3.05, 3.63) is 12.1 Å². The summed E-state index contributed by atoms with van der Waals surface area (Å²) in [6.07, 6.45) is 0.985. The minimum atomic E-state index is 0.0344. The van der Waals surface area contributed by atoms with Gasteiger partial charge in [0.1, 0.15) is 6.10 Å². The molecule has 2 aliphatic heterocycles. The Hall–Kier alpha value is -2.32. The Morgan fingerprint density at radius 3 is 2.15 bits per heavy atom. The third-order valence-corrected chi connectivity index (χ3v) is 6.85. The summed E-state index contributed by atoms with van der Waals surface area (Å²) in [5.74, 6) is 2.54. The molecule has 0 radical (unpaired) electrons. The number of hydrogen-bond acceptors (Lipinski definition) is 8. The lowest BCUT2D eigenvalue weighted by Gasteiger charge is -2.42. The average Bonchev–Trinajstić information content (AvgIpc) is 3.24. The van der Waals surface area contributed by atoms with E-state index in [-0.39, 0.29) is 17.1 Å². The average molecular weight is 473 g/mol. The third kappa shape index (κ3) is 5.03. The maximum Gasteiger partial charge on any atom is 0.229 e. The normalized spacial score (nSPS) is 22.3. The Labute approximate surface area is 203 Å². The van der Waals surface area contributed by atoms with Gasteiger partial charge in [0, 0.05) is 43.7 Å². The second-order valence-corrected chi connectivity index (χ2v) is 11.3. The second-order valence-electron chi connectivity index (χ2n) is 11.3. The van der Waals surface area contributed by atoms with Gasteiger partial charge in [0.25, 0.3) is 0 Å². The van der Waals surface area contributed by atoms with Crippen molar-refractivity contribution in [1.82, 2.24) is 14.9 Å². The van der Waals surface area contributed by atoms with E-state index in [0.717, 1.165) is 37.0 Å². The molecule has 2 atom stereocenters. The summed E-state index contributed by atoms with van der Waals surface area (Å²) >= 11 is 0. The SMILES string of the molecule is COc1cc2nc(N3CCOCC3)nc(OC3CC(C(C)(C)C)N(C(C)(C)C)C3)c2cc1OC. The number of benzene rings is 1. The molecular formula is C26H40N4O4. The molecule has 2 fully saturated rings. The lowest BCUT2D eigenvalue weighted by atomic mass is 9.83. The van der Waals surface area contributed by atoms with E-state index in [0.29, 0.717) is 42.6 Å². The molecule has 2 unspecified atom stereocenters. The maximum atomic E-state index is 6.70. The third-order valence-electron chi connectivity index (χ3n) is 6.85. The largest absolute Gasteiger partial charge is 0.493 e. The van der Waals surface area contributed by atoms with Crippen LogP contribution in [0.15, 0.2) is 12.1 Å². The van der Waals surface area contributed by atoms with E-state index >= 15 is 0 Å². The van der Waals surface area contributed by atoms with Crippen LogP contribution in [0.25, 0.3) is 10.9 Å². The highest BCUT2D eigenvalue weighted by molar-refractivity contribution is 5.88. The minimum absolute atomic E-state index is 0.0344. The zero-order valence-electron chi connectivity index (χ0n) is 22.0. The van der Waals surface area contributed by atoms with Gasteiger partial charge in [-0.25, -0.2) is 4.98 Å². The Balaban J connectivity index is 1.74. The summed E-state index contributed by atoms with van der Waals surface area (Å²) in [5.41, 5.74) is 0.982. The predicted octanol–water partition coefficient (Wildman–Crippen LogP) is 4.15. The number of ether oxygens (including phenoxy) is 4. The molecule has 0 spiro atoms. The van der Waals surface area contributed by atoms with Gasteiger partial charge in [0.2, 0.25) is 11.8 Å². The summed E-state index contributed by atoms with van der Waals surface area (Å²) in [5, 5.41) is 0.830. The van der Waals surface area contributed by atoms with Crippen molar-refractivity contribution in [2.75, 3.05) is 52.0 Å². The highest BCUT2D eigenvalue weighted by atomic mass is 16.5. The van der Waals surface area contributed by atoms with Crippen molar-refractivity contribution in [3.63, 3.8) is 0 Å². The van der Waals surface area contributed by atoms with Gasteiger partial charge in [-0.15, -0.1) is 0 Å². The lowest BCUT2D eigenvalue weighted by Crippen LogP contribution is -2.49. The van der Waals surface area contributed by atoms with Crippen LogP contribution < -0.4 is 19.1 Å². The number of nitrogens with zero attached hydrogens (tertiary/aromatic N) is 4. The molecule has 0 aliphatic carbocycles. The van der Waals surface area contributed by atoms with Gasteiger partial charge in [0.05, 0.1) is 38.3 Å². The van der Waals surface area contributed by atoms with Gasteiger partial charge >= 0.3 is 0 Å². The molecule has 2 aromatic rings. The molecule has 4 rings (SSSR count). The van der Waals surface area contributed by atoms with Gasteiger partial charge in [-0.1, -0.05) is 20.8 Å². The summed E-state index contributed by atoms with van der Waals surface area (Å²) in [7, 11) is 3.27. The Morgan fingerprint density at radius 2 is 1.59 bits per heavy atom. The molecule has 1 aromatic carbocycles. The van der Waals surface area contributed by atoms with E-state index < -0.39 is 0 Å². The molecule has 3 heterocycles. The van der Waals surface area contributed by atoms with E-state index in [1.807, 2.05) is 12.1 Å². The zero-order chi connectivity index (χ0) is 24.7. The molecule has 0 amide bonds. The van der Waals surface area contributed by atoms with Crippen molar-refractivity contribution in [1.29, 1.82) is 0 Å². The van der Waals surface area contributed by atoms with Crippen LogP contribution in [0.5, 0.6) is 17.4 Å². The summed E-state index contributed by atoms with van der Waals surface area (Å²) in [6.45, 7) is 17.5. The number of morpholine rings is 1. The predicted molar refractivity (Wildman–Crippen MR) is 134 cm³/mol. The summed E-state index contributed by atoms with van der Waals surface area (Å²) in [6, 6.07) is 4.24. The number of likely N-dealkylation sites (tertiary alicyclic amines) is 1. The number of aromatic nitrogens is 2. The molecule has 0 N–H and O–H groups in total. The molecule has 188 valence electrons. The van der Waals surface area contributed by atoms with Crippen LogP contribution in [0.1, 0.15) is 48.0 Å². The summed E-state index contributed by atoms with van der Waals surface area (Å²) in [4.78, 5) is 14.5. The Morgan fingerprint density at radius 1 is 0.941 bits per heavy atom. The topological polar surface area (TPSA) is 69.2 Å². The minimum Gasteiger partial charge on any atom is -0.493 e. The first kappa shape index (κ1) is 24.8. The molecule has 1 aromatic heterocycles. The molecule has 34 heavy (non-hydrogen) atoms. The van der Waals surface area contributed by atoms with Crippen LogP contribution in [0, 0.1) is 5.41 Å². The van der Waals surface area contributed by atoms with E-state index in [1.165, 1.54) is 0 Å². The van der Waals surface area contributed by atoms with Crippen LogP contribution in [0.2, 0.25) is 0 Å². The standard InChI is InChI=1S/C26H40N4O4/c1-25(2,3)22-13-17(16-30(22)26(4,5)6)34-23-18-14-20(31-7)21(32-8)15-19(18)27-24(28-23)29-9-11-33-12-10-29/h14-15,17,22H,9-13,16H2,1-8H3. The van der Waals surface area contributed by atoms with E-state index in [1.54, 1.807) is 14.2 Å². The van der Waals surface area contributed by atoms with Crippen molar-refractivity contribution in [3.8, 4) is 17.4 Å². The number of methoxy groups -OCH3 is 2. The van der Waals surface area contributed by atoms with Gasteiger partial charge in [-0.05, 0) is 32.3 Å². The number of rotatable bonds is 5. The second kappa shape index (κ2) is 9.38. The van der Waals surface area contributed by atoms with E-state index in [2.05, 4.69) is 51.3 Å². The Kier molecular flexibility index (Phi) is 6.84. The van der Waals surface area contributed by atoms with Gasteiger partial charge in [-0.3, -0.25) is 4.90 Å². The molecule has 2 aliphatic rings. The lowest BCUT2D eigenvalue weighted by molar-refractivity contribution is 0.0558. The van der Waals surface area contributed by atoms with Gasteiger partial charge in [-0.2, -0.15) is 4.98 Å². The van der Waals surface area contributed by atoms with E-state index in [4.69, 9.17) is 28.9 Å². The molecular weight excluding hydrogens is 432 g/mol. The molecule has 0 saturated carbocycles. The maximum absolute atomic E-state index is 6.70. The Bertz CT molecular complexity index is 986. The van der Waals surface area contributed by atoms with Gasteiger partial charge in [0.15, 0.2) is 11.5 Å². The highest BCUT2D eigenvalue weighted by Crippen LogP contribution is 2.40. The van der Waals surface area contributed by atoms with Gasteiger partial charge < -0.3 is 23.8 Å². The first-order valence-electron chi connectivity index (χ1n) is 12.2. The van der Waals surface area contributed by atoms with Crippen LogP contribution in [0.4, 0.5) is 5.95 Å². The fourth-order valence-electron chi connectivity index (χ4n) is 5.01. The quantitative estimate of drug-likeness (QED) is 0.643. The van der Waals surface area contributed by atoms with Crippen LogP contribution in [-0.4, -0.2) is 79.6 Å². The number of hydrogen-bond donors (Lipinski definition) is 0. The fourth-order valence-corrected chi connectivity index (χ4v) is 5.01. The zero-order valence-corrected chi connectivity index (χ0v) is 22.0. The molecule has 0 bridgehead atoms. The van der Waals surface area contributed by atoms with Crippen molar-refractivity contribution in [2.45, 2.75) is 65.6 Å². The smallest absolute Gasteiger partial charge is 0.229 e. The molecule has 8 heteroatoms. The van der Waals surface area contributed by atoms with Crippen molar-refractivity contribution < 1.29 is 18.9 Å². The highest BCUT2D eigenvalue weighted by Gasteiger charge is 2.44. The monoisotopic (exact) mass is 472 g/mol. The first-order chi connectivity index (χ1) is 16.0. The molecule has 8 nitrogen and oxygen atoms in total. The fraction of sp³-hybridized carbons (Fsp3) is 0.692. The molecule has 2 saturated heterocycles. The van der Waals surface area contributed by atoms with Crippen molar-refractivity contribution in [2.24, 2.45) is 5.41 Å². The van der Waals surface area contributed by atoms with E-state index in [9.17, 15) is 0 Å². The van der Waals surface area contributed by atoms with Crippen LogP contribution >= 0.6 is 0 Å². The van der Waals surface area contributed by atoms with Crippen LogP contribution in [-0.2, 0) is 4.74 Å². The number of fused-ring (bicyclic) bond motifs is 1.